The second kappa shape index (κ2) is 11.4. The summed E-state index contributed by atoms with van der Waals surface area (Å²) in [6.07, 6.45) is 4.40. The van der Waals surface area contributed by atoms with Gasteiger partial charge in [-0.3, -0.25) is 9.89 Å². The van der Waals surface area contributed by atoms with E-state index in [-0.39, 0.29) is 0 Å². The van der Waals surface area contributed by atoms with E-state index in [1.807, 2.05) is 18.3 Å². The predicted octanol–water partition coefficient (Wildman–Crippen LogP) is 2.33. The minimum atomic E-state index is 0.323. The lowest BCUT2D eigenvalue weighted by molar-refractivity contribution is -0.0679. The van der Waals surface area contributed by atoms with E-state index in [9.17, 15) is 0 Å². The smallest absolute Gasteiger partial charge is 0.191 e. The van der Waals surface area contributed by atoms with Gasteiger partial charge in [0.1, 0.15) is 5.15 Å². The maximum atomic E-state index is 5.81. The number of aromatic nitrogens is 1. The lowest BCUT2D eigenvalue weighted by Crippen LogP contribution is -2.45. The van der Waals surface area contributed by atoms with Crippen LogP contribution in [0.1, 0.15) is 32.8 Å². The Labute approximate surface area is 162 Å². The van der Waals surface area contributed by atoms with Crippen LogP contribution in [0.3, 0.4) is 0 Å². The average molecular weight is 382 g/mol. The largest absolute Gasteiger partial charge is 0.373 e. The van der Waals surface area contributed by atoms with Crippen LogP contribution < -0.4 is 10.6 Å². The van der Waals surface area contributed by atoms with Crippen molar-refractivity contribution < 1.29 is 4.74 Å². The van der Waals surface area contributed by atoms with Gasteiger partial charge >= 0.3 is 0 Å². The molecule has 0 saturated carbocycles. The molecule has 2 heterocycles. The van der Waals surface area contributed by atoms with Gasteiger partial charge in [0.15, 0.2) is 5.96 Å². The molecule has 2 unspecified atom stereocenters. The molecule has 7 heteroatoms. The zero-order chi connectivity index (χ0) is 18.8. The van der Waals surface area contributed by atoms with Crippen molar-refractivity contribution in [2.24, 2.45) is 4.99 Å². The zero-order valence-corrected chi connectivity index (χ0v) is 16.9. The highest BCUT2D eigenvalue weighted by Crippen LogP contribution is 2.10. The number of guanidine groups is 1. The van der Waals surface area contributed by atoms with Gasteiger partial charge in [-0.2, -0.15) is 0 Å². The lowest BCUT2D eigenvalue weighted by atomic mass is 10.2. The topological polar surface area (TPSA) is 61.8 Å². The standard InChI is InChI=1S/C19H32ClN5O/c1-4-21-19(23-10-8-17-6-7-18(20)24-12-17)22-9-5-11-25-13-15(2)26-16(3)14-25/h6-7,12,15-16H,4-5,8-11,13-14H2,1-3H3,(H2,21,22,23). The fraction of sp³-hybridized carbons (Fsp3) is 0.684. The van der Waals surface area contributed by atoms with Crippen LogP contribution in [0.15, 0.2) is 23.3 Å². The van der Waals surface area contributed by atoms with Crippen LogP contribution in [0.25, 0.3) is 0 Å². The maximum Gasteiger partial charge on any atom is 0.191 e. The molecule has 0 spiro atoms. The molecule has 0 bridgehead atoms. The molecule has 2 rings (SSSR count). The van der Waals surface area contributed by atoms with E-state index in [0.717, 1.165) is 63.6 Å². The van der Waals surface area contributed by atoms with E-state index < -0.39 is 0 Å². The molecular weight excluding hydrogens is 350 g/mol. The maximum absolute atomic E-state index is 5.81. The van der Waals surface area contributed by atoms with Gasteiger partial charge in [-0.1, -0.05) is 17.7 Å². The molecule has 1 aliphatic heterocycles. The number of ether oxygens (including phenoxy) is 1. The molecule has 6 nitrogen and oxygen atoms in total. The number of pyridine rings is 1. The van der Waals surface area contributed by atoms with Gasteiger partial charge in [0.2, 0.25) is 0 Å². The van der Waals surface area contributed by atoms with Gasteiger partial charge < -0.3 is 15.4 Å². The normalized spacial score (nSPS) is 21.6. The summed E-state index contributed by atoms with van der Waals surface area (Å²) in [6.45, 7) is 11.9. The molecule has 0 aliphatic carbocycles. The van der Waals surface area contributed by atoms with E-state index in [4.69, 9.17) is 16.3 Å². The van der Waals surface area contributed by atoms with E-state index in [1.165, 1.54) is 0 Å². The fourth-order valence-corrected chi connectivity index (χ4v) is 3.29. The fourth-order valence-electron chi connectivity index (χ4n) is 3.17. The number of hydrogen-bond donors (Lipinski definition) is 2. The highest BCUT2D eigenvalue weighted by atomic mass is 35.5. The van der Waals surface area contributed by atoms with Crippen LogP contribution in [0.5, 0.6) is 0 Å². The van der Waals surface area contributed by atoms with Crippen LogP contribution in [0.4, 0.5) is 0 Å². The Morgan fingerprint density at radius 3 is 2.73 bits per heavy atom. The van der Waals surface area contributed by atoms with Crippen LogP contribution in [-0.2, 0) is 11.2 Å². The summed E-state index contributed by atoms with van der Waals surface area (Å²) in [5.74, 6) is 0.873. The molecule has 1 saturated heterocycles. The van der Waals surface area contributed by atoms with Crippen LogP contribution in [0.2, 0.25) is 5.15 Å². The number of nitrogens with zero attached hydrogens (tertiary/aromatic N) is 3. The van der Waals surface area contributed by atoms with Crippen molar-refractivity contribution in [1.82, 2.24) is 20.5 Å². The van der Waals surface area contributed by atoms with Gasteiger partial charge in [0, 0.05) is 45.5 Å². The number of halogens is 1. The van der Waals surface area contributed by atoms with Crippen molar-refractivity contribution in [3.05, 3.63) is 29.0 Å². The molecule has 0 amide bonds. The van der Waals surface area contributed by atoms with E-state index in [2.05, 4.69) is 46.3 Å². The quantitative estimate of drug-likeness (QED) is 0.313. The van der Waals surface area contributed by atoms with Gasteiger partial charge in [-0.05, 0) is 45.2 Å². The summed E-state index contributed by atoms with van der Waals surface area (Å²) >= 11 is 5.81. The Morgan fingerprint density at radius 2 is 2.08 bits per heavy atom. The lowest BCUT2D eigenvalue weighted by Gasteiger charge is -2.35. The van der Waals surface area contributed by atoms with Crippen LogP contribution in [-0.4, -0.2) is 67.3 Å². The Balaban J connectivity index is 1.69. The first kappa shape index (κ1) is 20.9. The Bertz CT molecular complexity index is 541. The van der Waals surface area contributed by atoms with Crippen LogP contribution >= 0.6 is 11.6 Å². The average Bonchev–Trinajstić information content (AvgIpc) is 2.59. The summed E-state index contributed by atoms with van der Waals surface area (Å²) in [5.41, 5.74) is 1.16. The molecular formula is C19H32ClN5O. The third-order valence-corrected chi connectivity index (χ3v) is 4.46. The number of nitrogens with one attached hydrogen (secondary N) is 2. The zero-order valence-electron chi connectivity index (χ0n) is 16.2. The molecule has 1 aromatic rings. The van der Waals surface area contributed by atoms with Crippen LogP contribution in [0, 0.1) is 0 Å². The highest BCUT2D eigenvalue weighted by Gasteiger charge is 2.21. The van der Waals surface area contributed by atoms with Crippen molar-refractivity contribution in [2.45, 2.75) is 45.8 Å². The third kappa shape index (κ3) is 7.89. The molecule has 1 aromatic heterocycles. The van der Waals surface area contributed by atoms with E-state index in [1.54, 1.807) is 0 Å². The third-order valence-electron chi connectivity index (χ3n) is 4.24. The number of hydrogen-bond acceptors (Lipinski definition) is 4. The first-order valence-electron chi connectivity index (χ1n) is 9.57. The minimum Gasteiger partial charge on any atom is -0.373 e. The molecule has 1 fully saturated rings. The van der Waals surface area contributed by atoms with Crippen molar-refractivity contribution >= 4 is 17.6 Å². The molecule has 2 atom stereocenters. The number of aliphatic imine (C=N–C) groups is 1. The Kier molecular flexibility index (Phi) is 9.15. The molecule has 1 aliphatic rings. The summed E-state index contributed by atoms with van der Waals surface area (Å²) in [6, 6.07) is 3.83. The first-order chi connectivity index (χ1) is 12.6. The van der Waals surface area contributed by atoms with Crippen molar-refractivity contribution in [3.63, 3.8) is 0 Å². The second-order valence-electron chi connectivity index (χ2n) is 6.80. The highest BCUT2D eigenvalue weighted by molar-refractivity contribution is 6.29. The SMILES string of the molecule is CCNC(=NCCCN1CC(C)OC(C)C1)NCCc1ccc(Cl)nc1. The summed E-state index contributed by atoms with van der Waals surface area (Å²) in [7, 11) is 0. The first-order valence-corrected chi connectivity index (χ1v) is 9.95. The number of rotatable bonds is 8. The summed E-state index contributed by atoms with van der Waals surface area (Å²) in [4.78, 5) is 11.3. The van der Waals surface area contributed by atoms with Gasteiger partial charge in [0.05, 0.1) is 12.2 Å². The number of morpholine rings is 1. The molecule has 146 valence electrons. The summed E-state index contributed by atoms with van der Waals surface area (Å²) < 4.78 is 5.78. The van der Waals surface area contributed by atoms with E-state index in [0.29, 0.717) is 17.4 Å². The van der Waals surface area contributed by atoms with Gasteiger partial charge in [-0.25, -0.2) is 4.98 Å². The molecule has 0 radical (unpaired) electrons. The van der Waals surface area contributed by atoms with Crippen molar-refractivity contribution in [3.8, 4) is 0 Å². The molecule has 26 heavy (non-hydrogen) atoms. The predicted molar refractivity (Wildman–Crippen MR) is 108 cm³/mol. The van der Waals surface area contributed by atoms with Gasteiger partial charge in [0.25, 0.3) is 0 Å². The monoisotopic (exact) mass is 381 g/mol. The van der Waals surface area contributed by atoms with Crippen molar-refractivity contribution in [2.75, 3.05) is 39.3 Å². The molecule has 0 aromatic carbocycles. The van der Waals surface area contributed by atoms with E-state index >= 15 is 0 Å². The Hall–Kier alpha value is -1.37. The summed E-state index contributed by atoms with van der Waals surface area (Å²) in [5, 5.41) is 7.21. The Morgan fingerprint density at radius 1 is 1.31 bits per heavy atom. The second-order valence-corrected chi connectivity index (χ2v) is 7.18. The van der Waals surface area contributed by atoms with Crippen molar-refractivity contribution in [1.29, 1.82) is 0 Å². The van der Waals surface area contributed by atoms with Gasteiger partial charge in [-0.15, -0.1) is 0 Å². The minimum absolute atomic E-state index is 0.323. The molecule has 2 N–H and O–H groups in total.